The molecule has 0 atom stereocenters. The van der Waals surface area contributed by atoms with Crippen molar-refractivity contribution in [1.29, 1.82) is 0 Å². The molecular weight excluding hydrogens is 330 g/mol. The molecule has 19 heavy (non-hydrogen) atoms. The summed E-state index contributed by atoms with van der Waals surface area (Å²) in [4.78, 5) is 10.8. The van der Waals surface area contributed by atoms with Crippen LogP contribution in [0.25, 0.3) is 0 Å². The first-order valence-electron chi connectivity index (χ1n) is 5.37. The number of hydrogen-bond donors (Lipinski definition) is 0. The molecule has 0 N–H and O–H groups in total. The maximum absolute atomic E-state index is 10.8. The molecule has 0 spiro atoms. The van der Waals surface area contributed by atoms with Gasteiger partial charge in [-0.05, 0) is 42.0 Å². The molecule has 2 aromatic rings. The average molecular weight is 339 g/mol. The molecule has 0 saturated heterocycles. The molecule has 0 aliphatic heterocycles. The van der Waals surface area contributed by atoms with E-state index in [1.807, 2.05) is 12.1 Å². The van der Waals surface area contributed by atoms with Crippen molar-refractivity contribution in [3.63, 3.8) is 0 Å². The minimum Gasteiger partial charge on any atom is -0.155 e. The molecule has 0 aliphatic rings. The van der Waals surface area contributed by atoms with Gasteiger partial charge in [0.2, 0.25) is 0 Å². The summed E-state index contributed by atoms with van der Waals surface area (Å²) in [7, 11) is 0. The fraction of sp³-hybridized carbons (Fsp3) is 0. The van der Waals surface area contributed by atoms with Crippen LogP contribution >= 0.6 is 27.5 Å². The van der Waals surface area contributed by atoms with E-state index < -0.39 is 0 Å². The van der Waals surface area contributed by atoms with E-state index in [1.54, 1.807) is 42.6 Å². The summed E-state index contributed by atoms with van der Waals surface area (Å²) in [5, 5.41) is 8.54. The predicted octanol–water partition coefficient (Wildman–Crippen LogP) is 4.62. The fourth-order valence-corrected chi connectivity index (χ4v) is 1.77. The van der Waals surface area contributed by atoms with E-state index in [0.717, 1.165) is 15.2 Å². The Bertz CT molecular complexity index is 584. The number of hydrazone groups is 1. The van der Waals surface area contributed by atoms with Gasteiger partial charge in [0.15, 0.2) is 0 Å². The standard InChI is InChI=1S/C13H9BrClN3O/c14-11-3-7-13(8-4-11)18(17-19)16-9-10-1-5-12(15)6-2-10/h1-9H/b16-9+. The van der Waals surface area contributed by atoms with E-state index in [9.17, 15) is 4.91 Å². The molecule has 0 unspecified atom stereocenters. The normalized spacial score (nSPS) is 10.6. The van der Waals surface area contributed by atoms with Gasteiger partial charge in [0.25, 0.3) is 0 Å². The van der Waals surface area contributed by atoms with E-state index in [1.165, 1.54) is 0 Å². The number of rotatable bonds is 4. The second-order valence-corrected chi connectivity index (χ2v) is 5.00. The molecule has 0 bridgehead atoms. The molecule has 0 heterocycles. The van der Waals surface area contributed by atoms with Gasteiger partial charge in [-0.1, -0.05) is 39.7 Å². The molecule has 2 aromatic carbocycles. The lowest BCUT2D eigenvalue weighted by Crippen LogP contribution is -2.06. The number of nitrogens with zero attached hydrogens (tertiary/aromatic N) is 3. The second kappa shape index (κ2) is 6.45. The van der Waals surface area contributed by atoms with Crippen molar-refractivity contribution in [3.8, 4) is 0 Å². The third-order valence-electron chi connectivity index (χ3n) is 2.32. The van der Waals surface area contributed by atoms with Crippen LogP contribution in [0.2, 0.25) is 5.02 Å². The molecule has 0 fully saturated rings. The van der Waals surface area contributed by atoms with Crippen LogP contribution in [0.15, 0.2) is 63.4 Å². The molecule has 4 nitrogen and oxygen atoms in total. The van der Waals surface area contributed by atoms with E-state index in [4.69, 9.17) is 11.6 Å². The zero-order valence-corrected chi connectivity index (χ0v) is 12.0. The van der Waals surface area contributed by atoms with Crippen LogP contribution in [-0.2, 0) is 0 Å². The molecule has 0 saturated carbocycles. The highest BCUT2D eigenvalue weighted by atomic mass is 79.9. The minimum absolute atomic E-state index is 0.586. The highest BCUT2D eigenvalue weighted by molar-refractivity contribution is 9.10. The average Bonchev–Trinajstić information content (AvgIpc) is 2.43. The van der Waals surface area contributed by atoms with Crippen LogP contribution < -0.4 is 5.12 Å². The first-order valence-corrected chi connectivity index (χ1v) is 6.54. The third kappa shape index (κ3) is 3.87. The molecule has 6 heteroatoms. The molecule has 2 rings (SSSR count). The van der Waals surface area contributed by atoms with Crippen LogP contribution in [0.1, 0.15) is 5.56 Å². The van der Waals surface area contributed by atoms with E-state index in [0.29, 0.717) is 10.7 Å². The minimum atomic E-state index is 0.586. The maximum atomic E-state index is 10.8. The van der Waals surface area contributed by atoms with Gasteiger partial charge < -0.3 is 0 Å². The van der Waals surface area contributed by atoms with Gasteiger partial charge >= 0.3 is 0 Å². The van der Waals surface area contributed by atoms with Gasteiger partial charge in [-0.25, -0.2) is 0 Å². The van der Waals surface area contributed by atoms with Crippen molar-refractivity contribution < 1.29 is 0 Å². The largest absolute Gasteiger partial charge is 0.155 e. The Hall–Kier alpha value is -1.72. The fourth-order valence-electron chi connectivity index (χ4n) is 1.38. The Kier molecular flexibility index (Phi) is 4.65. The quantitative estimate of drug-likeness (QED) is 0.464. The Balaban J connectivity index is 2.17. The Morgan fingerprint density at radius 3 is 2.26 bits per heavy atom. The van der Waals surface area contributed by atoms with Crippen molar-refractivity contribution in [2.24, 2.45) is 10.4 Å². The van der Waals surface area contributed by atoms with Crippen LogP contribution in [0.4, 0.5) is 5.69 Å². The van der Waals surface area contributed by atoms with Gasteiger partial charge in [-0.3, -0.25) is 0 Å². The van der Waals surface area contributed by atoms with Crippen molar-refractivity contribution in [3.05, 3.63) is 68.5 Å². The smallest absolute Gasteiger partial charge is 0.0890 e. The summed E-state index contributed by atoms with van der Waals surface area (Å²) < 4.78 is 0.920. The zero-order chi connectivity index (χ0) is 13.7. The van der Waals surface area contributed by atoms with Crippen molar-refractivity contribution in [2.75, 3.05) is 5.12 Å². The van der Waals surface area contributed by atoms with Gasteiger partial charge in [0, 0.05) is 9.50 Å². The third-order valence-corrected chi connectivity index (χ3v) is 3.10. The van der Waals surface area contributed by atoms with Crippen LogP contribution in [-0.4, -0.2) is 6.21 Å². The predicted molar refractivity (Wildman–Crippen MR) is 81.5 cm³/mol. The topological polar surface area (TPSA) is 45.0 Å². The van der Waals surface area contributed by atoms with Gasteiger partial charge in [-0.15, -0.1) is 10.0 Å². The molecule has 0 radical (unpaired) electrons. The second-order valence-electron chi connectivity index (χ2n) is 3.64. The van der Waals surface area contributed by atoms with Crippen LogP contribution in [0.3, 0.4) is 0 Å². The lowest BCUT2D eigenvalue weighted by molar-refractivity contribution is 0.921. The molecule has 0 amide bonds. The molecule has 96 valence electrons. The van der Waals surface area contributed by atoms with E-state index in [-0.39, 0.29) is 0 Å². The van der Waals surface area contributed by atoms with Crippen molar-refractivity contribution >= 4 is 39.4 Å². The summed E-state index contributed by atoms with van der Waals surface area (Å²) in [5.41, 5.74) is 1.42. The highest BCUT2D eigenvalue weighted by Crippen LogP contribution is 2.19. The molecule has 0 aliphatic carbocycles. The Morgan fingerprint density at radius 1 is 1.05 bits per heavy atom. The Labute approximate surface area is 123 Å². The van der Waals surface area contributed by atoms with E-state index >= 15 is 0 Å². The first-order chi connectivity index (χ1) is 9.19. The summed E-state index contributed by atoms with van der Waals surface area (Å²) in [6, 6.07) is 14.2. The maximum Gasteiger partial charge on any atom is 0.0890 e. The molecule has 0 aromatic heterocycles. The number of benzene rings is 2. The number of nitroso groups, excluding NO2 is 1. The first kappa shape index (κ1) is 13.7. The zero-order valence-electron chi connectivity index (χ0n) is 9.70. The summed E-state index contributed by atoms with van der Waals surface area (Å²) in [6.07, 6.45) is 1.54. The van der Waals surface area contributed by atoms with Gasteiger partial charge in [0.05, 0.1) is 17.2 Å². The van der Waals surface area contributed by atoms with Crippen molar-refractivity contribution in [1.82, 2.24) is 0 Å². The lowest BCUT2D eigenvalue weighted by atomic mass is 10.2. The summed E-state index contributed by atoms with van der Waals surface area (Å²) in [5.74, 6) is 0. The monoisotopic (exact) mass is 337 g/mol. The van der Waals surface area contributed by atoms with Crippen LogP contribution in [0, 0.1) is 4.91 Å². The number of hydrogen-bond acceptors (Lipinski definition) is 3. The lowest BCUT2D eigenvalue weighted by Gasteiger charge is -2.08. The molecular formula is C13H9BrClN3O. The van der Waals surface area contributed by atoms with Crippen LogP contribution in [0.5, 0.6) is 0 Å². The highest BCUT2D eigenvalue weighted by Gasteiger charge is 2.03. The van der Waals surface area contributed by atoms with Gasteiger partial charge in [0.1, 0.15) is 0 Å². The summed E-state index contributed by atoms with van der Waals surface area (Å²) >= 11 is 9.11. The Morgan fingerprint density at radius 2 is 1.68 bits per heavy atom. The number of anilines is 1. The number of halogens is 2. The summed E-state index contributed by atoms with van der Waals surface area (Å²) in [6.45, 7) is 0. The van der Waals surface area contributed by atoms with E-state index in [2.05, 4.69) is 26.3 Å². The van der Waals surface area contributed by atoms with Gasteiger partial charge in [-0.2, -0.15) is 5.10 Å². The SMILES string of the molecule is O=NN(/N=C/c1ccc(Cl)cc1)c1ccc(Br)cc1. The van der Waals surface area contributed by atoms with Crippen molar-refractivity contribution in [2.45, 2.75) is 0 Å².